The molecule has 0 fully saturated rings. The van der Waals surface area contributed by atoms with Crippen LogP contribution in [-0.2, 0) is 18.4 Å². The van der Waals surface area contributed by atoms with Gasteiger partial charge in [-0.25, -0.2) is 4.57 Å². The van der Waals surface area contributed by atoms with Crippen LogP contribution < -0.4 is 5.32 Å². The molecule has 0 aromatic heterocycles. The van der Waals surface area contributed by atoms with Gasteiger partial charge >= 0.3 is 7.82 Å². The number of likely N-dealkylation sites (N-methyl/N-ethyl adjacent to an activating group) is 1. The lowest BCUT2D eigenvalue weighted by Crippen LogP contribution is -2.46. The highest BCUT2D eigenvalue weighted by Crippen LogP contribution is 2.43. The summed E-state index contributed by atoms with van der Waals surface area (Å²) in [6.45, 7) is 4.82. The molecule has 0 bridgehead atoms. The quantitative estimate of drug-likeness (QED) is 0.0243. The predicted molar refractivity (Wildman–Crippen MR) is 341 cm³/mol. The molecular weight excluding hydrogens is 984 g/mol. The van der Waals surface area contributed by atoms with Crippen molar-refractivity contribution in [3.05, 3.63) is 48.6 Å². The van der Waals surface area contributed by atoms with Crippen molar-refractivity contribution in [3.63, 3.8) is 0 Å². The summed E-state index contributed by atoms with van der Waals surface area (Å²) in [5, 5.41) is 14.1. The van der Waals surface area contributed by atoms with E-state index in [1.807, 2.05) is 21.1 Å². The van der Waals surface area contributed by atoms with Crippen molar-refractivity contribution >= 4 is 13.7 Å². The third-order valence-electron chi connectivity index (χ3n) is 15.6. The molecule has 0 aliphatic rings. The van der Waals surface area contributed by atoms with Gasteiger partial charge in [0.2, 0.25) is 5.91 Å². The molecule has 460 valence electrons. The average Bonchev–Trinajstić information content (AvgIpc) is 3.41. The number of phosphoric ester groups is 1. The molecule has 0 aliphatic heterocycles. The molecule has 0 radical (unpaired) electrons. The molecule has 3 unspecified atom stereocenters. The van der Waals surface area contributed by atoms with E-state index in [4.69, 9.17) is 9.05 Å². The van der Waals surface area contributed by atoms with Crippen molar-refractivity contribution in [3.8, 4) is 0 Å². The molecule has 0 saturated heterocycles. The zero-order valence-corrected chi connectivity index (χ0v) is 53.6. The molecule has 0 aromatic carbocycles. The van der Waals surface area contributed by atoms with Gasteiger partial charge in [0.1, 0.15) is 13.2 Å². The maximum Gasteiger partial charge on any atom is 0.472 e. The summed E-state index contributed by atoms with van der Waals surface area (Å²) in [5.74, 6) is -0.137. The van der Waals surface area contributed by atoms with E-state index < -0.39 is 20.0 Å². The maximum atomic E-state index is 13.1. The number of carbonyl (C=O) groups excluding carboxylic acids is 1. The maximum absolute atomic E-state index is 13.1. The van der Waals surface area contributed by atoms with Crippen molar-refractivity contribution in [2.45, 2.75) is 347 Å². The van der Waals surface area contributed by atoms with Crippen LogP contribution in [0.4, 0.5) is 0 Å². The van der Waals surface area contributed by atoms with Gasteiger partial charge < -0.3 is 19.8 Å². The Bertz CT molecular complexity index is 1410. The highest BCUT2D eigenvalue weighted by Gasteiger charge is 2.28. The van der Waals surface area contributed by atoms with E-state index in [1.54, 1.807) is 0 Å². The molecule has 8 nitrogen and oxygen atoms in total. The molecule has 0 heterocycles. The summed E-state index contributed by atoms with van der Waals surface area (Å²) in [6, 6.07) is -0.760. The second-order valence-corrected chi connectivity index (χ2v) is 26.0. The van der Waals surface area contributed by atoms with Gasteiger partial charge in [0.25, 0.3) is 0 Å². The third-order valence-corrected chi connectivity index (χ3v) is 16.6. The Labute approximate surface area is 486 Å². The number of rotatable bonds is 63. The standard InChI is InChI=1S/C69H133N2O6P/c1-6-8-10-12-14-16-18-20-22-24-26-27-28-29-30-31-32-33-34-35-36-37-38-39-40-41-42-43-45-47-49-51-53-55-57-59-61-63-69(73)70-67(66-77-78(74,75)76-65-64-71(3,4)5)68(72)62-60-58-56-54-52-50-48-46-44-25-23-21-19-17-15-13-11-9-7-2/h8,10,14,16,20,22,26-27,67-68,72H,6-7,9,11-13,15,17-19,21,23-25,28-66H2,1-5H3,(H-,70,73,74,75)/p+1/b10-8-,16-14-,22-20-,27-26-. The van der Waals surface area contributed by atoms with Gasteiger partial charge in [-0.3, -0.25) is 13.8 Å². The molecule has 9 heteroatoms. The number of quaternary nitrogens is 1. The first-order valence-electron chi connectivity index (χ1n) is 34.0. The van der Waals surface area contributed by atoms with Crippen LogP contribution in [-0.4, -0.2) is 73.4 Å². The fourth-order valence-electron chi connectivity index (χ4n) is 10.3. The first-order valence-corrected chi connectivity index (χ1v) is 35.5. The number of amides is 1. The summed E-state index contributed by atoms with van der Waals surface area (Å²) in [4.78, 5) is 23.4. The average molecular weight is 1120 g/mol. The minimum absolute atomic E-state index is 0.0768. The predicted octanol–water partition coefficient (Wildman–Crippen LogP) is 21.4. The summed E-state index contributed by atoms with van der Waals surface area (Å²) in [6.07, 6.45) is 80.7. The van der Waals surface area contributed by atoms with E-state index >= 15 is 0 Å². The molecule has 0 aromatic rings. The zero-order valence-electron chi connectivity index (χ0n) is 52.7. The molecule has 78 heavy (non-hydrogen) atoms. The van der Waals surface area contributed by atoms with Crippen LogP contribution in [0.3, 0.4) is 0 Å². The molecule has 0 spiro atoms. The lowest BCUT2D eigenvalue weighted by Gasteiger charge is -2.26. The number of allylic oxidation sites excluding steroid dienone is 8. The Kier molecular flexibility index (Phi) is 58.9. The fraction of sp³-hybridized carbons (Fsp3) is 0.870. The minimum atomic E-state index is -4.33. The van der Waals surface area contributed by atoms with E-state index in [1.165, 1.54) is 244 Å². The number of aliphatic hydroxyl groups is 1. The monoisotopic (exact) mass is 1120 g/mol. The van der Waals surface area contributed by atoms with Crippen molar-refractivity contribution in [1.82, 2.24) is 5.32 Å². The van der Waals surface area contributed by atoms with Crippen LogP contribution in [0.15, 0.2) is 48.6 Å². The SMILES string of the molecule is CC/C=C\C/C=C\C/C=C\C/C=C\CCCCCCCCCCCCCCCCCCCCCCCCCCC(=O)NC(COP(=O)(O)OCC[N+](C)(C)C)C(O)CCCCCCCCCCCCCCCCCCCCC. The Morgan fingerprint density at radius 3 is 1.13 bits per heavy atom. The largest absolute Gasteiger partial charge is 0.472 e. The lowest BCUT2D eigenvalue weighted by atomic mass is 10.0. The van der Waals surface area contributed by atoms with Crippen LogP contribution in [0, 0.1) is 0 Å². The second kappa shape index (κ2) is 60.1. The summed E-state index contributed by atoms with van der Waals surface area (Å²) < 4.78 is 23.9. The van der Waals surface area contributed by atoms with Crippen molar-refractivity contribution in [2.75, 3.05) is 40.9 Å². The fourth-order valence-corrected chi connectivity index (χ4v) is 11.1. The van der Waals surface area contributed by atoms with Crippen LogP contribution in [0.2, 0.25) is 0 Å². The molecule has 0 saturated carbocycles. The normalized spacial score (nSPS) is 14.0. The Morgan fingerprint density at radius 1 is 0.449 bits per heavy atom. The number of carbonyl (C=O) groups is 1. The number of phosphoric acid groups is 1. The van der Waals surface area contributed by atoms with Crippen LogP contribution in [0.1, 0.15) is 335 Å². The number of unbranched alkanes of at least 4 members (excludes halogenated alkanes) is 42. The first-order chi connectivity index (χ1) is 38.0. The number of nitrogens with one attached hydrogen (secondary N) is 1. The van der Waals surface area contributed by atoms with Gasteiger partial charge in [0.15, 0.2) is 0 Å². The van der Waals surface area contributed by atoms with Crippen LogP contribution in [0.5, 0.6) is 0 Å². The molecule has 0 aliphatic carbocycles. The molecular formula is C69H134N2O6P+. The number of hydrogen-bond acceptors (Lipinski definition) is 5. The van der Waals surface area contributed by atoms with Gasteiger partial charge in [0.05, 0.1) is 39.9 Å². The highest BCUT2D eigenvalue weighted by atomic mass is 31.2. The zero-order chi connectivity index (χ0) is 57.0. The molecule has 3 N–H and O–H groups in total. The summed E-state index contributed by atoms with van der Waals surface area (Å²) in [7, 11) is 1.63. The minimum Gasteiger partial charge on any atom is -0.391 e. The van der Waals surface area contributed by atoms with E-state index in [-0.39, 0.29) is 19.1 Å². The third kappa shape index (κ3) is 62.1. The Hall–Kier alpha value is -1.54. The van der Waals surface area contributed by atoms with E-state index in [2.05, 4.69) is 67.8 Å². The lowest BCUT2D eigenvalue weighted by molar-refractivity contribution is -0.870. The van der Waals surface area contributed by atoms with Gasteiger partial charge in [-0.05, 0) is 51.4 Å². The van der Waals surface area contributed by atoms with Gasteiger partial charge in [-0.1, -0.05) is 326 Å². The molecule has 3 atom stereocenters. The van der Waals surface area contributed by atoms with E-state index in [0.29, 0.717) is 23.9 Å². The van der Waals surface area contributed by atoms with Crippen molar-refractivity contribution in [1.29, 1.82) is 0 Å². The molecule has 1 amide bonds. The summed E-state index contributed by atoms with van der Waals surface area (Å²) >= 11 is 0. The number of hydrogen-bond donors (Lipinski definition) is 3. The first kappa shape index (κ1) is 76.5. The van der Waals surface area contributed by atoms with Crippen LogP contribution >= 0.6 is 7.82 Å². The van der Waals surface area contributed by atoms with Gasteiger partial charge in [-0.2, -0.15) is 0 Å². The van der Waals surface area contributed by atoms with E-state index in [0.717, 1.165) is 64.2 Å². The number of nitrogens with zero attached hydrogens (tertiary/aromatic N) is 1. The van der Waals surface area contributed by atoms with Crippen molar-refractivity contribution < 1.29 is 32.9 Å². The Balaban J connectivity index is 3.93. The van der Waals surface area contributed by atoms with Gasteiger partial charge in [0, 0.05) is 6.42 Å². The van der Waals surface area contributed by atoms with Crippen LogP contribution in [0.25, 0.3) is 0 Å². The topological polar surface area (TPSA) is 105 Å². The Morgan fingerprint density at radius 2 is 0.769 bits per heavy atom. The van der Waals surface area contributed by atoms with Gasteiger partial charge in [-0.15, -0.1) is 0 Å². The highest BCUT2D eigenvalue weighted by molar-refractivity contribution is 7.47. The smallest absolute Gasteiger partial charge is 0.391 e. The number of aliphatic hydroxyl groups excluding tert-OH is 1. The molecule has 0 rings (SSSR count). The second-order valence-electron chi connectivity index (χ2n) is 24.5. The van der Waals surface area contributed by atoms with E-state index in [9.17, 15) is 19.4 Å². The summed E-state index contributed by atoms with van der Waals surface area (Å²) in [5.41, 5.74) is 0. The van der Waals surface area contributed by atoms with Crippen molar-refractivity contribution in [2.24, 2.45) is 0 Å².